The van der Waals surface area contributed by atoms with Gasteiger partial charge in [-0.15, -0.1) is 0 Å². The Kier molecular flexibility index (Phi) is 5.60. The molecule has 0 atom stereocenters. The second kappa shape index (κ2) is 8.31. The topological polar surface area (TPSA) is 43.7 Å². The van der Waals surface area contributed by atoms with Crippen LogP contribution in [0, 0.1) is 0 Å². The van der Waals surface area contributed by atoms with Gasteiger partial charge in [0.25, 0.3) is 5.91 Å². The second-order valence-corrected chi connectivity index (χ2v) is 8.21. The summed E-state index contributed by atoms with van der Waals surface area (Å²) in [6.45, 7) is 1.16. The van der Waals surface area contributed by atoms with Crippen LogP contribution < -0.4 is 9.47 Å². The molecule has 1 aliphatic heterocycles. The summed E-state index contributed by atoms with van der Waals surface area (Å²) in [6.07, 6.45) is 3.97. The highest BCUT2D eigenvalue weighted by atomic mass is 32.2. The van der Waals surface area contributed by atoms with Crippen molar-refractivity contribution in [1.82, 2.24) is 9.47 Å². The molecule has 2 heterocycles. The summed E-state index contributed by atoms with van der Waals surface area (Å²) in [5.74, 6) is 1.38. The van der Waals surface area contributed by atoms with E-state index in [2.05, 4.69) is 22.9 Å². The van der Waals surface area contributed by atoms with Gasteiger partial charge in [-0.2, -0.15) is 0 Å². The Hall–Kier alpha value is -2.77. The third-order valence-corrected chi connectivity index (χ3v) is 6.24. The maximum absolute atomic E-state index is 12.4. The van der Waals surface area contributed by atoms with Crippen LogP contribution in [0.25, 0.3) is 17.0 Å². The van der Waals surface area contributed by atoms with Crippen molar-refractivity contribution in [2.45, 2.75) is 6.54 Å². The smallest absolute Gasteiger partial charge is 0.265 e. The van der Waals surface area contributed by atoms with Gasteiger partial charge in [-0.05, 0) is 24.3 Å². The molecule has 2 aromatic carbocycles. The molecule has 1 aliphatic rings. The predicted octanol–water partition coefficient (Wildman–Crippen LogP) is 4.56. The number of hydrogen-bond donors (Lipinski definition) is 0. The molecular formula is C22H20N2O3S2. The van der Waals surface area contributed by atoms with Gasteiger partial charge < -0.3 is 14.0 Å². The van der Waals surface area contributed by atoms with E-state index in [1.54, 1.807) is 14.2 Å². The lowest BCUT2D eigenvalue weighted by Crippen LogP contribution is -2.22. The highest BCUT2D eigenvalue weighted by molar-refractivity contribution is 8.26. The monoisotopic (exact) mass is 424 g/mol. The number of nitrogens with zero attached hydrogens (tertiary/aromatic N) is 2. The van der Waals surface area contributed by atoms with E-state index in [0.717, 1.165) is 22.2 Å². The Bertz CT molecular complexity index is 1120. The van der Waals surface area contributed by atoms with Gasteiger partial charge >= 0.3 is 0 Å². The van der Waals surface area contributed by atoms with Crippen molar-refractivity contribution in [2.75, 3.05) is 20.8 Å². The molecule has 0 aliphatic carbocycles. The molecular weight excluding hydrogens is 404 g/mol. The standard InChI is InChI=1S/C22H20N2O3S2/c1-23-21(25)20(29-22(23)28)13-15-14-24(17-8-4-3-7-16(15)17)11-12-27-19-10-6-5-9-18(19)26-2/h3-10,13-14H,11-12H2,1-2H3. The van der Waals surface area contributed by atoms with E-state index in [-0.39, 0.29) is 5.91 Å². The summed E-state index contributed by atoms with van der Waals surface area (Å²) in [7, 11) is 3.34. The number of amides is 1. The average molecular weight is 425 g/mol. The number of methoxy groups -OCH3 is 1. The van der Waals surface area contributed by atoms with E-state index in [1.807, 2.05) is 42.5 Å². The summed E-state index contributed by atoms with van der Waals surface area (Å²) < 4.78 is 14.0. The van der Waals surface area contributed by atoms with E-state index in [0.29, 0.717) is 28.1 Å². The van der Waals surface area contributed by atoms with Crippen LogP contribution in [0.4, 0.5) is 0 Å². The van der Waals surface area contributed by atoms with Gasteiger partial charge in [-0.3, -0.25) is 9.69 Å². The molecule has 0 unspecified atom stereocenters. The van der Waals surface area contributed by atoms with Crippen molar-refractivity contribution in [3.63, 3.8) is 0 Å². The van der Waals surface area contributed by atoms with Gasteiger partial charge in [0.15, 0.2) is 11.5 Å². The van der Waals surface area contributed by atoms with Crippen molar-refractivity contribution in [1.29, 1.82) is 0 Å². The number of likely N-dealkylation sites (N-methyl/N-ethyl adjacent to an activating group) is 1. The van der Waals surface area contributed by atoms with E-state index in [9.17, 15) is 4.79 Å². The minimum atomic E-state index is -0.0589. The first-order valence-electron chi connectivity index (χ1n) is 9.13. The number of ether oxygens (including phenoxy) is 2. The molecule has 1 amide bonds. The van der Waals surface area contributed by atoms with E-state index in [1.165, 1.54) is 16.7 Å². The van der Waals surface area contributed by atoms with E-state index >= 15 is 0 Å². The van der Waals surface area contributed by atoms with Crippen molar-refractivity contribution < 1.29 is 14.3 Å². The number of thiocarbonyl (C=S) groups is 1. The minimum absolute atomic E-state index is 0.0589. The van der Waals surface area contributed by atoms with Gasteiger partial charge in [0, 0.05) is 29.7 Å². The Balaban J connectivity index is 1.58. The number of rotatable bonds is 6. The molecule has 0 bridgehead atoms. The zero-order valence-corrected chi connectivity index (χ0v) is 17.8. The Labute approximate surface area is 178 Å². The quantitative estimate of drug-likeness (QED) is 0.429. The molecule has 29 heavy (non-hydrogen) atoms. The van der Waals surface area contributed by atoms with Crippen LogP contribution in [0.15, 0.2) is 59.6 Å². The lowest BCUT2D eigenvalue weighted by Gasteiger charge is -2.11. The number of benzene rings is 2. The third-order valence-electron chi connectivity index (χ3n) is 4.75. The molecule has 4 rings (SSSR count). The van der Waals surface area contributed by atoms with Crippen LogP contribution in [0.1, 0.15) is 5.56 Å². The number of thioether (sulfide) groups is 1. The third kappa shape index (κ3) is 3.88. The maximum atomic E-state index is 12.4. The van der Waals surface area contributed by atoms with Crippen LogP contribution in [0.3, 0.4) is 0 Å². The van der Waals surface area contributed by atoms with Gasteiger partial charge in [0.1, 0.15) is 10.9 Å². The number of aromatic nitrogens is 1. The fourth-order valence-electron chi connectivity index (χ4n) is 3.25. The normalized spacial score (nSPS) is 15.5. The lowest BCUT2D eigenvalue weighted by atomic mass is 10.1. The molecule has 0 radical (unpaired) electrons. The van der Waals surface area contributed by atoms with Crippen LogP contribution >= 0.6 is 24.0 Å². The Morgan fingerprint density at radius 2 is 1.83 bits per heavy atom. The summed E-state index contributed by atoms with van der Waals surface area (Å²) >= 11 is 6.57. The Morgan fingerprint density at radius 3 is 2.55 bits per heavy atom. The molecule has 7 heteroatoms. The first-order chi connectivity index (χ1) is 14.1. The van der Waals surface area contributed by atoms with Gasteiger partial charge in [-0.25, -0.2) is 0 Å². The first-order valence-corrected chi connectivity index (χ1v) is 10.4. The van der Waals surface area contributed by atoms with Crippen molar-refractivity contribution in [3.05, 3.63) is 65.2 Å². The molecule has 1 saturated heterocycles. The Morgan fingerprint density at radius 1 is 1.10 bits per heavy atom. The van der Waals surface area contributed by atoms with Crippen molar-refractivity contribution in [3.8, 4) is 11.5 Å². The summed E-state index contributed by atoms with van der Waals surface area (Å²) in [5, 5.41) is 1.09. The second-order valence-electron chi connectivity index (χ2n) is 6.54. The molecule has 5 nitrogen and oxygen atoms in total. The van der Waals surface area contributed by atoms with Crippen LogP contribution in [-0.2, 0) is 11.3 Å². The van der Waals surface area contributed by atoms with Gasteiger partial charge in [0.2, 0.25) is 0 Å². The zero-order chi connectivity index (χ0) is 20.4. The molecule has 1 aromatic heterocycles. The van der Waals surface area contributed by atoms with Crippen LogP contribution in [0.5, 0.6) is 11.5 Å². The minimum Gasteiger partial charge on any atom is -0.493 e. The highest BCUT2D eigenvalue weighted by Gasteiger charge is 2.29. The fraction of sp³-hybridized carbons (Fsp3) is 0.182. The number of fused-ring (bicyclic) bond motifs is 1. The zero-order valence-electron chi connectivity index (χ0n) is 16.1. The SMILES string of the molecule is COc1ccccc1OCCn1cc(C=C2SC(=S)N(C)C2=O)c2ccccc21. The molecule has 0 N–H and O–H groups in total. The predicted molar refractivity (Wildman–Crippen MR) is 121 cm³/mol. The summed E-state index contributed by atoms with van der Waals surface area (Å²) in [6, 6.07) is 15.7. The summed E-state index contributed by atoms with van der Waals surface area (Å²) in [4.78, 5) is 14.5. The van der Waals surface area contributed by atoms with Crippen molar-refractivity contribution >= 4 is 51.2 Å². The molecule has 0 saturated carbocycles. The van der Waals surface area contributed by atoms with E-state index in [4.69, 9.17) is 21.7 Å². The number of carbonyl (C=O) groups is 1. The van der Waals surface area contributed by atoms with Gasteiger partial charge in [0.05, 0.1) is 18.6 Å². The number of para-hydroxylation sites is 3. The fourth-order valence-corrected chi connectivity index (χ4v) is 4.42. The molecule has 3 aromatic rings. The highest BCUT2D eigenvalue weighted by Crippen LogP contribution is 2.33. The number of hydrogen-bond acceptors (Lipinski definition) is 5. The van der Waals surface area contributed by atoms with E-state index < -0.39 is 0 Å². The van der Waals surface area contributed by atoms with Crippen molar-refractivity contribution in [2.24, 2.45) is 0 Å². The molecule has 0 spiro atoms. The maximum Gasteiger partial charge on any atom is 0.265 e. The molecule has 148 valence electrons. The van der Waals surface area contributed by atoms with Crippen LogP contribution in [-0.4, -0.2) is 40.5 Å². The summed E-state index contributed by atoms with van der Waals surface area (Å²) in [5.41, 5.74) is 2.08. The first kappa shape index (κ1) is 19.5. The van der Waals surface area contributed by atoms with Crippen LogP contribution in [0.2, 0.25) is 0 Å². The average Bonchev–Trinajstić information content (AvgIpc) is 3.21. The lowest BCUT2D eigenvalue weighted by molar-refractivity contribution is -0.121. The van der Waals surface area contributed by atoms with Gasteiger partial charge in [-0.1, -0.05) is 54.3 Å². The largest absolute Gasteiger partial charge is 0.493 e. The molecule has 1 fully saturated rings. The number of carbonyl (C=O) groups excluding carboxylic acids is 1.